The zero-order chi connectivity index (χ0) is 12.1. The summed E-state index contributed by atoms with van der Waals surface area (Å²) in [5.41, 5.74) is 1.07. The van der Waals surface area contributed by atoms with Gasteiger partial charge in [-0.2, -0.15) is 0 Å². The van der Waals surface area contributed by atoms with Crippen LogP contribution >= 0.6 is 0 Å². The SMILES string of the molecule is C=N/C(=C\CC)Nc1cccc2ccccc12. The fourth-order valence-corrected chi connectivity index (χ4v) is 1.82. The number of allylic oxidation sites excluding steroid dienone is 1. The first-order valence-corrected chi connectivity index (χ1v) is 5.77. The van der Waals surface area contributed by atoms with Crippen LogP contribution in [0.1, 0.15) is 13.3 Å². The number of benzene rings is 2. The Hall–Kier alpha value is -2.09. The molecule has 1 N–H and O–H groups in total. The Kier molecular flexibility index (Phi) is 3.55. The fraction of sp³-hybridized carbons (Fsp3) is 0.133. The maximum atomic E-state index is 3.98. The molecule has 2 heteroatoms. The summed E-state index contributed by atoms with van der Waals surface area (Å²) in [5.74, 6) is 0.809. The molecule has 0 bridgehead atoms. The van der Waals surface area contributed by atoms with E-state index in [0.717, 1.165) is 17.9 Å². The van der Waals surface area contributed by atoms with Crippen LogP contribution in [0.2, 0.25) is 0 Å². The molecule has 0 atom stereocenters. The lowest BCUT2D eigenvalue weighted by atomic mass is 10.1. The third-order valence-electron chi connectivity index (χ3n) is 2.62. The molecule has 0 saturated heterocycles. The normalized spacial score (nSPS) is 11.5. The highest BCUT2D eigenvalue weighted by Crippen LogP contribution is 2.24. The molecule has 0 unspecified atom stereocenters. The van der Waals surface area contributed by atoms with Crippen LogP contribution in [0, 0.1) is 0 Å². The van der Waals surface area contributed by atoms with E-state index in [-0.39, 0.29) is 0 Å². The minimum absolute atomic E-state index is 0.809. The molecule has 2 nitrogen and oxygen atoms in total. The van der Waals surface area contributed by atoms with E-state index in [9.17, 15) is 0 Å². The lowest BCUT2D eigenvalue weighted by Crippen LogP contribution is -1.97. The summed E-state index contributed by atoms with van der Waals surface area (Å²) < 4.78 is 0. The van der Waals surface area contributed by atoms with Gasteiger partial charge in [0.15, 0.2) is 0 Å². The molecule has 86 valence electrons. The van der Waals surface area contributed by atoms with Gasteiger partial charge < -0.3 is 5.32 Å². The maximum Gasteiger partial charge on any atom is 0.125 e. The number of rotatable bonds is 4. The predicted molar refractivity (Wildman–Crippen MR) is 75.5 cm³/mol. The van der Waals surface area contributed by atoms with Gasteiger partial charge in [-0.1, -0.05) is 43.3 Å². The van der Waals surface area contributed by atoms with Gasteiger partial charge in [-0.25, -0.2) is 4.99 Å². The van der Waals surface area contributed by atoms with E-state index in [2.05, 4.69) is 48.2 Å². The largest absolute Gasteiger partial charge is 0.340 e. The van der Waals surface area contributed by atoms with Gasteiger partial charge in [0.1, 0.15) is 5.82 Å². The van der Waals surface area contributed by atoms with Crippen LogP contribution in [0.5, 0.6) is 0 Å². The van der Waals surface area contributed by atoms with Crippen molar-refractivity contribution in [2.24, 2.45) is 4.99 Å². The number of anilines is 1. The summed E-state index contributed by atoms with van der Waals surface area (Å²) in [5, 5.41) is 5.72. The second-order valence-electron chi connectivity index (χ2n) is 3.81. The summed E-state index contributed by atoms with van der Waals surface area (Å²) >= 11 is 0. The van der Waals surface area contributed by atoms with Crippen LogP contribution in [0.25, 0.3) is 10.8 Å². The zero-order valence-corrected chi connectivity index (χ0v) is 9.98. The van der Waals surface area contributed by atoms with Crippen LogP contribution in [0.3, 0.4) is 0 Å². The molecule has 0 heterocycles. The Morgan fingerprint density at radius 3 is 2.76 bits per heavy atom. The molecule has 0 aliphatic carbocycles. The predicted octanol–water partition coefficient (Wildman–Crippen LogP) is 4.20. The van der Waals surface area contributed by atoms with E-state index in [4.69, 9.17) is 0 Å². The molecule has 17 heavy (non-hydrogen) atoms. The summed E-state index contributed by atoms with van der Waals surface area (Å²) in [6, 6.07) is 14.5. The van der Waals surface area contributed by atoms with Gasteiger partial charge in [0.05, 0.1) is 0 Å². The van der Waals surface area contributed by atoms with E-state index in [1.54, 1.807) is 0 Å². The van der Waals surface area contributed by atoms with E-state index < -0.39 is 0 Å². The third kappa shape index (κ3) is 2.53. The molecule has 0 aliphatic rings. The van der Waals surface area contributed by atoms with E-state index in [0.29, 0.717) is 0 Å². The molecule has 0 fully saturated rings. The maximum absolute atomic E-state index is 3.98. The van der Waals surface area contributed by atoms with E-state index in [1.165, 1.54) is 10.8 Å². The summed E-state index contributed by atoms with van der Waals surface area (Å²) in [4.78, 5) is 3.98. The Morgan fingerprint density at radius 2 is 2.00 bits per heavy atom. The summed E-state index contributed by atoms with van der Waals surface area (Å²) in [7, 11) is 0. The Morgan fingerprint density at radius 1 is 1.24 bits per heavy atom. The molecular weight excluding hydrogens is 208 g/mol. The number of aliphatic imine (C=N–C) groups is 1. The van der Waals surface area contributed by atoms with Gasteiger partial charge >= 0.3 is 0 Å². The van der Waals surface area contributed by atoms with Gasteiger partial charge in [-0.15, -0.1) is 0 Å². The highest BCUT2D eigenvalue weighted by molar-refractivity contribution is 5.94. The average Bonchev–Trinajstić information content (AvgIpc) is 2.38. The molecule has 0 aliphatic heterocycles. The van der Waals surface area contributed by atoms with Crippen molar-refractivity contribution < 1.29 is 0 Å². The van der Waals surface area contributed by atoms with E-state index in [1.807, 2.05) is 24.3 Å². The standard InChI is InChI=1S/C15H16N2/c1-3-7-15(16-2)17-14-11-6-9-12-8-4-5-10-13(12)14/h4-11,17H,2-3H2,1H3/b15-7+. The Bertz CT molecular complexity index is 550. The van der Waals surface area contributed by atoms with Crippen LogP contribution in [-0.4, -0.2) is 6.72 Å². The van der Waals surface area contributed by atoms with Crippen molar-refractivity contribution >= 4 is 23.2 Å². The van der Waals surface area contributed by atoms with Crippen molar-refractivity contribution in [1.29, 1.82) is 0 Å². The van der Waals surface area contributed by atoms with Crippen LogP contribution in [0.4, 0.5) is 5.69 Å². The van der Waals surface area contributed by atoms with Gasteiger partial charge in [0.25, 0.3) is 0 Å². The Labute approximate surface area is 102 Å². The van der Waals surface area contributed by atoms with Crippen LogP contribution < -0.4 is 5.32 Å². The van der Waals surface area contributed by atoms with Gasteiger partial charge in [0, 0.05) is 11.1 Å². The van der Waals surface area contributed by atoms with Crippen molar-refractivity contribution in [3.8, 4) is 0 Å². The minimum atomic E-state index is 0.809. The summed E-state index contributed by atoms with van der Waals surface area (Å²) in [6.45, 7) is 5.65. The average molecular weight is 224 g/mol. The molecule has 2 rings (SSSR count). The van der Waals surface area contributed by atoms with Crippen LogP contribution in [-0.2, 0) is 0 Å². The van der Waals surface area contributed by atoms with Crippen molar-refractivity contribution in [1.82, 2.24) is 0 Å². The number of hydrogen-bond acceptors (Lipinski definition) is 2. The number of nitrogens with zero attached hydrogens (tertiary/aromatic N) is 1. The summed E-state index contributed by atoms with van der Waals surface area (Å²) in [6.07, 6.45) is 2.96. The first kappa shape index (κ1) is 11.4. The molecule has 0 amide bonds. The van der Waals surface area contributed by atoms with Crippen molar-refractivity contribution in [3.05, 3.63) is 54.4 Å². The zero-order valence-electron chi connectivity index (χ0n) is 9.98. The monoisotopic (exact) mass is 224 g/mol. The fourth-order valence-electron chi connectivity index (χ4n) is 1.82. The number of hydrogen-bond donors (Lipinski definition) is 1. The van der Waals surface area contributed by atoms with Gasteiger partial charge in [-0.05, 0) is 30.7 Å². The smallest absolute Gasteiger partial charge is 0.125 e. The van der Waals surface area contributed by atoms with Crippen LogP contribution in [0.15, 0.2) is 59.4 Å². The molecule has 0 spiro atoms. The van der Waals surface area contributed by atoms with Crippen molar-refractivity contribution in [2.75, 3.05) is 5.32 Å². The Balaban J connectivity index is 2.42. The van der Waals surface area contributed by atoms with Crippen molar-refractivity contribution in [2.45, 2.75) is 13.3 Å². The molecular formula is C15H16N2. The van der Waals surface area contributed by atoms with Gasteiger partial charge in [0.2, 0.25) is 0 Å². The topological polar surface area (TPSA) is 24.4 Å². The molecule has 0 saturated carbocycles. The molecule has 2 aromatic rings. The number of fused-ring (bicyclic) bond motifs is 1. The molecule has 0 radical (unpaired) electrons. The number of nitrogens with one attached hydrogen (secondary N) is 1. The van der Waals surface area contributed by atoms with Crippen molar-refractivity contribution in [3.63, 3.8) is 0 Å². The molecule has 0 aromatic heterocycles. The van der Waals surface area contributed by atoms with Gasteiger partial charge in [-0.3, -0.25) is 0 Å². The minimum Gasteiger partial charge on any atom is -0.340 e. The highest BCUT2D eigenvalue weighted by atomic mass is 15.0. The lowest BCUT2D eigenvalue weighted by Gasteiger charge is -2.09. The quantitative estimate of drug-likeness (QED) is 0.773. The lowest BCUT2D eigenvalue weighted by molar-refractivity contribution is 1.16. The first-order chi connectivity index (χ1) is 8.35. The second kappa shape index (κ2) is 5.30. The third-order valence-corrected chi connectivity index (χ3v) is 2.62. The highest BCUT2D eigenvalue weighted by Gasteiger charge is 2.00. The second-order valence-corrected chi connectivity index (χ2v) is 3.81. The van der Waals surface area contributed by atoms with E-state index >= 15 is 0 Å². The molecule has 2 aromatic carbocycles. The first-order valence-electron chi connectivity index (χ1n) is 5.77.